The molecule has 1 amide bonds. The van der Waals surface area contributed by atoms with Crippen LogP contribution in [0.25, 0.3) is 0 Å². The summed E-state index contributed by atoms with van der Waals surface area (Å²) in [5, 5.41) is 0.549. The lowest BCUT2D eigenvalue weighted by Gasteiger charge is -2.27. The standard InChI is InChI=1S/C12H12ClNO2/c1-8-2-3-10(13)11(6-8)14-5-4-9(15)7-12(14)16/h2-3,6H,4-5,7H2,1H3. The van der Waals surface area contributed by atoms with Crippen LogP contribution in [0.15, 0.2) is 18.2 Å². The Kier molecular flexibility index (Phi) is 2.97. The van der Waals surface area contributed by atoms with Crippen LogP contribution in [-0.2, 0) is 9.59 Å². The van der Waals surface area contributed by atoms with Gasteiger partial charge in [0.15, 0.2) is 0 Å². The molecule has 1 aliphatic rings. The topological polar surface area (TPSA) is 37.4 Å². The molecular weight excluding hydrogens is 226 g/mol. The van der Waals surface area contributed by atoms with Crippen molar-refractivity contribution in [1.82, 2.24) is 0 Å². The molecule has 0 saturated carbocycles. The number of halogens is 1. The summed E-state index contributed by atoms with van der Waals surface area (Å²) in [7, 11) is 0. The van der Waals surface area contributed by atoms with E-state index in [2.05, 4.69) is 0 Å². The first-order chi connectivity index (χ1) is 7.58. The van der Waals surface area contributed by atoms with Gasteiger partial charge in [-0.15, -0.1) is 0 Å². The lowest BCUT2D eigenvalue weighted by molar-refractivity contribution is -0.128. The number of Topliss-reactive ketones (excluding diaryl/α,β-unsaturated/α-hetero) is 1. The Labute approximate surface area is 99.0 Å². The van der Waals surface area contributed by atoms with E-state index in [-0.39, 0.29) is 18.1 Å². The predicted molar refractivity (Wildman–Crippen MR) is 62.8 cm³/mol. The van der Waals surface area contributed by atoms with Crippen molar-refractivity contribution in [2.45, 2.75) is 19.8 Å². The van der Waals surface area contributed by atoms with Crippen LogP contribution in [0.5, 0.6) is 0 Å². The third-order valence-electron chi connectivity index (χ3n) is 2.66. The van der Waals surface area contributed by atoms with Crippen molar-refractivity contribution in [2.75, 3.05) is 11.4 Å². The molecule has 0 unspecified atom stereocenters. The van der Waals surface area contributed by atoms with Crippen molar-refractivity contribution in [3.05, 3.63) is 28.8 Å². The zero-order valence-corrected chi connectivity index (χ0v) is 9.75. The fourth-order valence-electron chi connectivity index (χ4n) is 1.80. The van der Waals surface area contributed by atoms with Crippen molar-refractivity contribution < 1.29 is 9.59 Å². The normalized spacial score (nSPS) is 16.8. The first-order valence-electron chi connectivity index (χ1n) is 5.16. The maximum atomic E-state index is 11.7. The first kappa shape index (κ1) is 11.1. The summed E-state index contributed by atoms with van der Waals surface area (Å²) in [5.74, 6) is -0.159. The minimum Gasteiger partial charge on any atom is -0.310 e. The Morgan fingerprint density at radius 2 is 2.06 bits per heavy atom. The van der Waals surface area contributed by atoms with E-state index in [1.54, 1.807) is 11.0 Å². The second kappa shape index (κ2) is 4.26. The molecule has 1 aromatic rings. The van der Waals surface area contributed by atoms with Gasteiger partial charge in [-0.25, -0.2) is 0 Å². The van der Waals surface area contributed by atoms with Gasteiger partial charge in [0.25, 0.3) is 0 Å². The summed E-state index contributed by atoms with van der Waals surface area (Å²) >= 11 is 6.05. The van der Waals surface area contributed by atoms with Crippen molar-refractivity contribution in [3.63, 3.8) is 0 Å². The van der Waals surface area contributed by atoms with E-state index >= 15 is 0 Å². The number of piperidine rings is 1. The second-order valence-electron chi connectivity index (χ2n) is 3.97. The van der Waals surface area contributed by atoms with E-state index in [4.69, 9.17) is 11.6 Å². The average Bonchev–Trinajstić information content (AvgIpc) is 2.22. The summed E-state index contributed by atoms with van der Waals surface area (Å²) in [6, 6.07) is 5.54. The van der Waals surface area contributed by atoms with Crippen molar-refractivity contribution in [3.8, 4) is 0 Å². The number of hydrogen-bond donors (Lipinski definition) is 0. The number of carbonyl (C=O) groups excluding carboxylic acids is 2. The first-order valence-corrected chi connectivity index (χ1v) is 5.54. The summed E-state index contributed by atoms with van der Waals surface area (Å²) in [5.41, 5.74) is 1.75. The van der Waals surface area contributed by atoms with E-state index in [0.717, 1.165) is 5.56 Å². The molecule has 4 heteroatoms. The molecule has 0 aliphatic carbocycles. The van der Waals surface area contributed by atoms with Gasteiger partial charge in [0.2, 0.25) is 5.91 Å². The van der Waals surface area contributed by atoms with Gasteiger partial charge >= 0.3 is 0 Å². The maximum Gasteiger partial charge on any atom is 0.234 e. The highest BCUT2D eigenvalue weighted by molar-refractivity contribution is 6.34. The van der Waals surface area contributed by atoms with Crippen LogP contribution >= 0.6 is 11.6 Å². The highest BCUT2D eigenvalue weighted by Gasteiger charge is 2.26. The van der Waals surface area contributed by atoms with E-state index in [0.29, 0.717) is 23.7 Å². The number of rotatable bonds is 1. The van der Waals surface area contributed by atoms with Crippen molar-refractivity contribution in [1.29, 1.82) is 0 Å². The van der Waals surface area contributed by atoms with Crippen LogP contribution in [0, 0.1) is 6.92 Å². The quantitative estimate of drug-likeness (QED) is 0.703. The zero-order valence-electron chi connectivity index (χ0n) is 9.00. The van der Waals surface area contributed by atoms with E-state index < -0.39 is 0 Å². The van der Waals surface area contributed by atoms with Gasteiger partial charge in [-0.2, -0.15) is 0 Å². The van der Waals surface area contributed by atoms with Crippen LogP contribution in [0.2, 0.25) is 5.02 Å². The Bertz CT molecular complexity index is 456. The van der Waals surface area contributed by atoms with Crippen LogP contribution in [0.1, 0.15) is 18.4 Å². The molecular formula is C12H12ClNO2. The fourth-order valence-corrected chi connectivity index (χ4v) is 2.02. The van der Waals surface area contributed by atoms with E-state index in [1.807, 2.05) is 19.1 Å². The van der Waals surface area contributed by atoms with Crippen LogP contribution in [0.4, 0.5) is 5.69 Å². The van der Waals surface area contributed by atoms with E-state index in [1.165, 1.54) is 0 Å². The number of benzene rings is 1. The lowest BCUT2D eigenvalue weighted by Crippen LogP contribution is -2.39. The number of hydrogen-bond acceptors (Lipinski definition) is 2. The highest BCUT2D eigenvalue weighted by atomic mass is 35.5. The van der Waals surface area contributed by atoms with Gasteiger partial charge in [0.1, 0.15) is 5.78 Å². The Balaban J connectivity index is 2.33. The molecule has 3 nitrogen and oxygen atoms in total. The predicted octanol–water partition coefficient (Wildman–Crippen LogP) is 2.34. The number of nitrogens with zero attached hydrogens (tertiary/aromatic N) is 1. The van der Waals surface area contributed by atoms with Gasteiger partial charge in [-0.1, -0.05) is 17.7 Å². The molecule has 0 N–H and O–H groups in total. The van der Waals surface area contributed by atoms with Crippen molar-refractivity contribution in [2.24, 2.45) is 0 Å². The molecule has 0 aromatic heterocycles. The zero-order chi connectivity index (χ0) is 11.7. The molecule has 2 rings (SSSR count). The third-order valence-corrected chi connectivity index (χ3v) is 2.98. The number of carbonyl (C=O) groups is 2. The summed E-state index contributed by atoms with van der Waals surface area (Å²) in [6.07, 6.45) is 0.403. The minimum absolute atomic E-state index is 0.00465. The average molecular weight is 238 g/mol. The van der Waals surface area contributed by atoms with Gasteiger partial charge < -0.3 is 4.90 Å². The highest BCUT2D eigenvalue weighted by Crippen LogP contribution is 2.29. The lowest BCUT2D eigenvalue weighted by atomic mass is 10.1. The number of aryl methyl sites for hydroxylation is 1. The Morgan fingerprint density at radius 3 is 2.75 bits per heavy atom. The molecule has 84 valence electrons. The molecule has 16 heavy (non-hydrogen) atoms. The molecule has 1 saturated heterocycles. The molecule has 0 atom stereocenters. The van der Waals surface area contributed by atoms with Crippen molar-refractivity contribution >= 4 is 29.0 Å². The van der Waals surface area contributed by atoms with E-state index in [9.17, 15) is 9.59 Å². The molecule has 0 bridgehead atoms. The number of anilines is 1. The van der Waals surface area contributed by atoms with Crippen LogP contribution < -0.4 is 4.90 Å². The summed E-state index contributed by atoms with van der Waals surface area (Å²) in [6.45, 7) is 2.38. The molecule has 1 heterocycles. The number of ketones is 1. The minimum atomic E-state index is -0.163. The molecule has 1 aliphatic heterocycles. The van der Waals surface area contributed by atoms with Gasteiger partial charge in [-0.3, -0.25) is 9.59 Å². The van der Waals surface area contributed by atoms with Gasteiger partial charge in [0.05, 0.1) is 17.1 Å². The summed E-state index contributed by atoms with van der Waals surface area (Å²) < 4.78 is 0. The molecule has 1 fully saturated rings. The third kappa shape index (κ3) is 2.09. The van der Waals surface area contributed by atoms with Gasteiger partial charge in [-0.05, 0) is 24.6 Å². The summed E-state index contributed by atoms with van der Waals surface area (Å²) in [4.78, 5) is 24.4. The molecule has 1 aromatic carbocycles. The molecule has 0 radical (unpaired) electrons. The number of amides is 1. The Hall–Kier alpha value is -1.35. The largest absolute Gasteiger partial charge is 0.310 e. The van der Waals surface area contributed by atoms with Crippen LogP contribution in [-0.4, -0.2) is 18.2 Å². The smallest absolute Gasteiger partial charge is 0.234 e. The maximum absolute atomic E-state index is 11.7. The van der Waals surface area contributed by atoms with Crippen LogP contribution in [0.3, 0.4) is 0 Å². The SMILES string of the molecule is Cc1ccc(Cl)c(N2CCC(=O)CC2=O)c1. The monoisotopic (exact) mass is 237 g/mol. The second-order valence-corrected chi connectivity index (χ2v) is 4.37. The molecule has 0 spiro atoms. The fraction of sp³-hybridized carbons (Fsp3) is 0.333. The Morgan fingerprint density at radius 1 is 1.31 bits per heavy atom. The van der Waals surface area contributed by atoms with Gasteiger partial charge in [0, 0.05) is 13.0 Å².